The molecule has 2 fully saturated rings. The SMILES string of the molecule is CC(=O)O[C@@H]1CCc2cc(c(O)c3c2CC[C@H]2CCC[C@@H]2O3)CN2C[C@](Cc3ccnc(N)c3)(CCNC(N)=NCSSCCCCCC[C@H](O)C1)CC2=O. The minimum Gasteiger partial charge on any atom is -0.504 e. The van der Waals surface area contributed by atoms with Crippen LogP contribution in [0.3, 0.4) is 0 Å². The molecule has 0 unspecified atom stereocenters. The first-order valence-electron chi connectivity index (χ1n) is 20.2. The summed E-state index contributed by atoms with van der Waals surface area (Å²) in [6.07, 6.45) is 13.7. The second-order valence-corrected chi connectivity index (χ2v) is 18.6. The van der Waals surface area contributed by atoms with Crippen LogP contribution in [0.25, 0.3) is 0 Å². The zero-order valence-corrected chi connectivity index (χ0v) is 33.9. The summed E-state index contributed by atoms with van der Waals surface area (Å²) in [6.45, 7) is 2.70. The van der Waals surface area contributed by atoms with E-state index in [1.54, 1.807) is 27.8 Å². The van der Waals surface area contributed by atoms with E-state index >= 15 is 0 Å². The Labute approximate surface area is 333 Å². The number of aromatic hydroxyl groups is 1. The third-order valence-corrected chi connectivity index (χ3v) is 14.0. The number of ether oxygens (including phenoxy) is 2. The Hall–Kier alpha value is -3.36. The summed E-state index contributed by atoms with van der Waals surface area (Å²) in [6, 6.07) is 5.86. The van der Waals surface area contributed by atoms with Crippen molar-refractivity contribution in [1.29, 1.82) is 0 Å². The molecule has 55 heavy (non-hydrogen) atoms. The molecule has 4 aliphatic rings. The maximum absolute atomic E-state index is 14.0. The minimum absolute atomic E-state index is 0.0195. The molecule has 14 heteroatoms. The number of carbonyl (C=O) groups is 2. The Morgan fingerprint density at radius 1 is 1.07 bits per heavy atom. The van der Waals surface area contributed by atoms with Gasteiger partial charge in [-0.25, -0.2) is 9.98 Å². The number of rotatable bonds is 3. The number of nitrogen functional groups attached to an aromatic ring is 1. The van der Waals surface area contributed by atoms with Gasteiger partial charge in [0.15, 0.2) is 17.5 Å². The van der Waals surface area contributed by atoms with E-state index < -0.39 is 17.6 Å². The van der Waals surface area contributed by atoms with Gasteiger partial charge in [0.1, 0.15) is 18.0 Å². The topological polar surface area (TPSA) is 186 Å². The molecule has 3 aliphatic heterocycles. The number of aromatic nitrogens is 1. The van der Waals surface area contributed by atoms with Gasteiger partial charge in [0.05, 0.1) is 12.0 Å². The van der Waals surface area contributed by atoms with Crippen LogP contribution in [0, 0.1) is 11.3 Å². The number of aryl methyl sites for hydroxylation is 1. The second kappa shape index (κ2) is 19.7. The normalized spacial score (nSPS) is 27.8. The Bertz CT molecular complexity index is 1660. The molecule has 1 saturated carbocycles. The lowest BCUT2D eigenvalue weighted by Crippen LogP contribution is -2.37. The van der Waals surface area contributed by atoms with Crippen molar-refractivity contribution in [3.8, 4) is 11.5 Å². The smallest absolute Gasteiger partial charge is 0.302 e. The van der Waals surface area contributed by atoms with Crippen molar-refractivity contribution >= 4 is 45.2 Å². The molecule has 302 valence electrons. The Balaban J connectivity index is 1.30. The molecule has 5 atom stereocenters. The monoisotopic (exact) mass is 796 g/mol. The highest BCUT2D eigenvalue weighted by Gasteiger charge is 2.43. The second-order valence-electron chi connectivity index (χ2n) is 16.1. The van der Waals surface area contributed by atoms with Crippen LogP contribution in [0.5, 0.6) is 11.5 Å². The van der Waals surface area contributed by atoms with E-state index in [0.717, 1.165) is 80.2 Å². The molecule has 4 bridgehead atoms. The third kappa shape index (κ3) is 11.6. The van der Waals surface area contributed by atoms with Gasteiger partial charge in [-0.3, -0.25) is 9.59 Å². The summed E-state index contributed by atoms with van der Waals surface area (Å²) in [5, 5.41) is 26.2. The summed E-state index contributed by atoms with van der Waals surface area (Å²) in [5.41, 5.74) is 15.6. The van der Waals surface area contributed by atoms with Gasteiger partial charge in [-0.15, -0.1) is 0 Å². The molecule has 4 heterocycles. The molecule has 1 aromatic carbocycles. The molecule has 1 amide bonds. The lowest BCUT2D eigenvalue weighted by atomic mass is 9.78. The number of nitrogens with one attached hydrogen (secondary N) is 1. The number of phenols is 1. The Kier molecular flexibility index (Phi) is 14.8. The number of nitrogens with zero attached hydrogens (tertiary/aromatic N) is 3. The van der Waals surface area contributed by atoms with Gasteiger partial charge in [0.2, 0.25) is 5.91 Å². The van der Waals surface area contributed by atoms with Crippen molar-refractivity contribution < 1.29 is 29.3 Å². The fourth-order valence-corrected chi connectivity index (χ4v) is 10.8. The van der Waals surface area contributed by atoms with E-state index in [1.807, 2.05) is 23.1 Å². The number of hydrogen-bond donors (Lipinski definition) is 5. The van der Waals surface area contributed by atoms with Gasteiger partial charge in [0, 0.05) is 67.9 Å². The molecule has 1 saturated heterocycles. The molecule has 0 radical (unpaired) electrons. The molecule has 0 spiro atoms. The predicted molar refractivity (Wildman–Crippen MR) is 220 cm³/mol. The van der Waals surface area contributed by atoms with Crippen molar-refractivity contribution in [1.82, 2.24) is 15.2 Å². The van der Waals surface area contributed by atoms with E-state index in [2.05, 4.69) is 15.3 Å². The van der Waals surface area contributed by atoms with E-state index in [1.165, 1.54) is 6.92 Å². The van der Waals surface area contributed by atoms with E-state index in [0.29, 0.717) is 92.9 Å². The maximum atomic E-state index is 14.0. The van der Waals surface area contributed by atoms with E-state index in [4.69, 9.17) is 20.9 Å². The van der Waals surface area contributed by atoms with E-state index in [9.17, 15) is 19.8 Å². The van der Waals surface area contributed by atoms with Gasteiger partial charge < -0.3 is 41.4 Å². The fourth-order valence-electron chi connectivity index (χ4n) is 9.05. The first-order chi connectivity index (χ1) is 26.6. The number of carbonyl (C=O) groups excluding carboxylic acids is 2. The number of pyridine rings is 1. The summed E-state index contributed by atoms with van der Waals surface area (Å²) in [5.74, 6) is 3.15. The number of hydrogen-bond acceptors (Lipinski definition) is 13. The average molecular weight is 797 g/mol. The van der Waals surface area contributed by atoms with Crippen molar-refractivity contribution in [3.63, 3.8) is 0 Å². The van der Waals surface area contributed by atoms with Crippen molar-refractivity contribution in [2.75, 3.05) is 30.5 Å². The number of anilines is 1. The van der Waals surface area contributed by atoms with Crippen LogP contribution < -0.4 is 21.5 Å². The van der Waals surface area contributed by atoms with E-state index in [-0.39, 0.29) is 30.3 Å². The zero-order valence-electron chi connectivity index (χ0n) is 32.3. The van der Waals surface area contributed by atoms with Crippen molar-refractivity contribution in [3.05, 3.63) is 46.6 Å². The number of aliphatic hydroxyl groups excluding tert-OH is 1. The van der Waals surface area contributed by atoms with Crippen LogP contribution in [0.1, 0.15) is 113 Å². The number of aliphatic imine (C=N–C) groups is 1. The van der Waals surface area contributed by atoms with Gasteiger partial charge in [-0.2, -0.15) is 0 Å². The van der Waals surface area contributed by atoms with Crippen LogP contribution >= 0.6 is 21.6 Å². The van der Waals surface area contributed by atoms with Crippen molar-refractivity contribution in [2.45, 2.75) is 135 Å². The quantitative estimate of drug-likeness (QED) is 0.180. The number of aliphatic hydroxyl groups is 1. The minimum atomic E-state index is -0.565. The highest BCUT2D eigenvalue weighted by atomic mass is 33.1. The lowest BCUT2D eigenvalue weighted by Gasteiger charge is -2.30. The summed E-state index contributed by atoms with van der Waals surface area (Å²) >= 11 is 0. The maximum Gasteiger partial charge on any atom is 0.302 e. The molecular weight excluding hydrogens is 737 g/mol. The number of amides is 1. The Morgan fingerprint density at radius 3 is 2.76 bits per heavy atom. The predicted octanol–water partition coefficient (Wildman–Crippen LogP) is 6.04. The zero-order chi connectivity index (χ0) is 38.8. The largest absolute Gasteiger partial charge is 0.504 e. The van der Waals surface area contributed by atoms with Crippen LogP contribution in [-0.4, -0.2) is 81.0 Å². The number of guanidine groups is 1. The van der Waals surface area contributed by atoms with Gasteiger partial charge >= 0.3 is 5.97 Å². The van der Waals surface area contributed by atoms with Gasteiger partial charge in [-0.05, 0) is 106 Å². The first kappa shape index (κ1) is 41.3. The van der Waals surface area contributed by atoms with Crippen LogP contribution in [0.4, 0.5) is 5.82 Å². The standard InChI is InChI=1S/C41H60N6O6S2/c1-27(48)52-33-12-10-30-20-31(38(51)39-34(30)13-11-29-7-6-9-35(29)53-39)24-47-25-41(23-37(47)50,22-28-14-16-44-36(42)19-28)15-17-45-40(43)46-26-55-54-18-5-3-2-4-8-32(49)21-33/h14,16,19-20,29,32-33,35,49,51H,2-13,15,17-18,21-26H2,1H3,(H2,42,44)(H3,43,45,46)/t29-,32+,33-,35+,41+/m1/s1. The summed E-state index contributed by atoms with van der Waals surface area (Å²) in [7, 11) is 3.46. The lowest BCUT2D eigenvalue weighted by molar-refractivity contribution is -0.148. The number of esters is 1. The van der Waals surface area contributed by atoms with Crippen molar-refractivity contribution in [2.24, 2.45) is 22.1 Å². The summed E-state index contributed by atoms with van der Waals surface area (Å²) < 4.78 is 12.5. The highest BCUT2D eigenvalue weighted by molar-refractivity contribution is 8.76. The van der Waals surface area contributed by atoms with Gasteiger partial charge in [0.25, 0.3) is 0 Å². The van der Waals surface area contributed by atoms with Crippen LogP contribution in [0.15, 0.2) is 29.4 Å². The fraction of sp³-hybridized carbons (Fsp3) is 0.659. The number of benzene rings is 1. The van der Waals surface area contributed by atoms with Crippen LogP contribution in [-0.2, 0) is 40.1 Å². The third-order valence-electron chi connectivity index (χ3n) is 11.8. The average Bonchev–Trinajstić information content (AvgIpc) is 3.65. The van der Waals surface area contributed by atoms with Gasteiger partial charge in [-0.1, -0.05) is 40.9 Å². The molecule has 6 rings (SSSR count). The molecule has 7 N–H and O–H groups in total. The summed E-state index contributed by atoms with van der Waals surface area (Å²) in [4.78, 5) is 36.7. The first-order valence-corrected chi connectivity index (χ1v) is 22.7. The molecule has 12 nitrogen and oxygen atoms in total. The molecule has 2 aromatic rings. The highest BCUT2D eigenvalue weighted by Crippen LogP contribution is 2.47. The van der Waals surface area contributed by atoms with Crippen LogP contribution in [0.2, 0.25) is 0 Å². The number of phenolic OH excluding ortho intramolecular Hbond substituents is 1. The number of fused-ring (bicyclic) bond motifs is 7. The Morgan fingerprint density at radius 2 is 1.93 bits per heavy atom. The molecular formula is C41H60N6O6S2. The molecule has 1 aliphatic carbocycles. The number of nitrogens with two attached hydrogens (primary N) is 2. The molecule has 1 aromatic heterocycles.